The first-order valence-electron chi connectivity index (χ1n) is 12.3. The molecule has 0 amide bonds. The minimum atomic E-state index is -1.05. The zero-order chi connectivity index (χ0) is 24.7. The molecule has 3 aliphatic rings. The van der Waals surface area contributed by atoms with Crippen LogP contribution in [-0.2, 0) is 28.6 Å². The van der Waals surface area contributed by atoms with Crippen LogP contribution in [-0.4, -0.2) is 52.3 Å². The fraction of sp³-hybridized carbons (Fsp3) is 0.808. The van der Waals surface area contributed by atoms with Crippen LogP contribution >= 0.6 is 0 Å². The topological polar surface area (TPSA) is 99.1 Å². The third-order valence-corrected chi connectivity index (χ3v) is 7.93. The number of carbonyl (C=O) groups is 3. The van der Waals surface area contributed by atoms with Gasteiger partial charge in [-0.25, -0.2) is 0 Å². The Kier molecular flexibility index (Phi) is 7.45. The first kappa shape index (κ1) is 25.9. The van der Waals surface area contributed by atoms with Gasteiger partial charge < -0.3 is 19.3 Å². The van der Waals surface area contributed by atoms with Crippen molar-refractivity contribution in [1.29, 1.82) is 0 Å². The number of ether oxygens (including phenoxy) is 3. The highest BCUT2D eigenvalue weighted by Crippen LogP contribution is 2.58. The number of ketones is 1. The van der Waals surface area contributed by atoms with Gasteiger partial charge in [0.1, 0.15) is 17.3 Å². The second-order valence-electron chi connectivity index (χ2n) is 11.0. The fourth-order valence-corrected chi connectivity index (χ4v) is 6.70. The highest BCUT2D eigenvalue weighted by molar-refractivity contribution is 5.94. The van der Waals surface area contributed by atoms with Crippen LogP contribution in [0.3, 0.4) is 0 Å². The largest absolute Gasteiger partial charge is 0.459 e. The van der Waals surface area contributed by atoms with Gasteiger partial charge in [0.05, 0.1) is 12.2 Å². The van der Waals surface area contributed by atoms with E-state index in [0.29, 0.717) is 24.8 Å². The van der Waals surface area contributed by atoms with E-state index in [2.05, 4.69) is 20.4 Å². The molecule has 7 nitrogen and oxygen atoms in total. The van der Waals surface area contributed by atoms with Crippen molar-refractivity contribution in [1.82, 2.24) is 0 Å². The van der Waals surface area contributed by atoms with Crippen molar-refractivity contribution in [2.45, 2.75) is 110 Å². The van der Waals surface area contributed by atoms with Crippen LogP contribution < -0.4 is 0 Å². The molecule has 0 spiro atoms. The monoisotopic (exact) mass is 464 g/mol. The number of rotatable bonds is 5. The highest BCUT2D eigenvalue weighted by atomic mass is 16.6. The van der Waals surface area contributed by atoms with E-state index in [0.717, 1.165) is 0 Å². The van der Waals surface area contributed by atoms with Crippen molar-refractivity contribution in [2.75, 3.05) is 0 Å². The molecule has 2 aliphatic heterocycles. The number of Topliss-reactive ketones (excluding diaryl/α,β-unsaturated/α-hetero) is 1. The summed E-state index contributed by atoms with van der Waals surface area (Å²) in [5.41, 5.74) is -1.55. The summed E-state index contributed by atoms with van der Waals surface area (Å²) in [5.74, 6) is -1.31. The van der Waals surface area contributed by atoms with Gasteiger partial charge in [-0.3, -0.25) is 14.4 Å². The maximum Gasteiger partial charge on any atom is 0.306 e. The van der Waals surface area contributed by atoms with Crippen LogP contribution in [0, 0.1) is 23.7 Å². The second kappa shape index (κ2) is 9.49. The Labute approximate surface area is 197 Å². The number of hydrogen-bond acceptors (Lipinski definition) is 7. The molecule has 1 saturated carbocycles. The number of hydrogen-bond donors (Lipinski definition) is 1. The summed E-state index contributed by atoms with van der Waals surface area (Å²) in [6.45, 7) is 15.1. The van der Waals surface area contributed by atoms with Crippen LogP contribution in [0.1, 0.15) is 80.1 Å². The molecule has 8 atom stereocenters. The molecule has 0 unspecified atom stereocenters. The molecule has 2 bridgehead atoms. The maximum absolute atomic E-state index is 12.8. The van der Waals surface area contributed by atoms with Crippen LogP contribution in [0.5, 0.6) is 0 Å². The lowest BCUT2D eigenvalue weighted by atomic mass is 9.56. The van der Waals surface area contributed by atoms with Gasteiger partial charge in [-0.05, 0) is 44.1 Å². The smallest absolute Gasteiger partial charge is 0.306 e. The molecule has 186 valence electrons. The van der Waals surface area contributed by atoms with E-state index in [1.54, 1.807) is 0 Å². The zero-order valence-electron chi connectivity index (χ0n) is 20.9. The van der Waals surface area contributed by atoms with Crippen LogP contribution in [0.2, 0.25) is 0 Å². The van der Waals surface area contributed by atoms with Crippen LogP contribution in [0.4, 0.5) is 0 Å². The first-order chi connectivity index (χ1) is 15.3. The lowest BCUT2D eigenvalue weighted by Crippen LogP contribution is -2.60. The van der Waals surface area contributed by atoms with E-state index in [1.165, 1.54) is 6.92 Å². The van der Waals surface area contributed by atoms with E-state index < -0.39 is 35.5 Å². The van der Waals surface area contributed by atoms with Crippen molar-refractivity contribution in [2.24, 2.45) is 23.7 Å². The van der Waals surface area contributed by atoms with E-state index in [1.807, 2.05) is 20.8 Å². The average molecular weight is 465 g/mol. The summed E-state index contributed by atoms with van der Waals surface area (Å²) in [4.78, 5) is 37.5. The zero-order valence-corrected chi connectivity index (χ0v) is 20.9. The third kappa shape index (κ3) is 4.90. The van der Waals surface area contributed by atoms with E-state index >= 15 is 0 Å². The highest BCUT2D eigenvalue weighted by Gasteiger charge is 2.66. The number of fused-ring (bicyclic) bond motifs is 5. The average Bonchev–Trinajstić information content (AvgIpc) is 3.06. The maximum atomic E-state index is 12.8. The summed E-state index contributed by atoms with van der Waals surface area (Å²) in [5, 5.41) is 11.3. The number of aliphatic hydroxyl groups is 1. The van der Waals surface area contributed by atoms with Crippen molar-refractivity contribution in [3.8, 4) is 0 Å². The molecule has 0 aromatic rings. The molecule has 0 radical (unpaired) electrons. The predicted octanol–water partition coefficient (Wildman–Crippen LogP) is 3.76. The molecule has 33 heavy (non-hydrogen) atoms. The minimum Gasteiger partial charge on any atom is -0.459 e. The minimum absolute atomic E-state index is 0.0640. The molecular formula is C26H40O7. The van der Waals surface area contributed by atoms with Crippen molar-refractivity contribution in [3.05, 3.63) is 12.2 Å². The van der Waals surface area contributed by atoms with Gasteiger partial charge in [-0.1, -0.05) is 27.4 Å². The van der Waals surface area contributed by atoms with Crippen molar-refractivity contribution in [3.63, 3.8) is 0 Å². The molecule has 1 aliphatic carbocycles. The Morgan fingerprint density at radius 2 is 1.91 bits per heavy atom. The number of esters is 2. The Morgan fingerprint density at radius 1 is 1.24 bits per heavy atom. The summed E-state index contributed by atoms with van der Waals surface area (Å²) in [7, 11) is 0. The normalized spacial score (nSPS) is 41.1. The standard InChI is InChI=1S/C26H40O7/c1-8-9-20(30)33-25(6)11-10-17(28)15(4)12-19-23-22(24(25)31-19)21(14(2)3)18(29)13-26(23,7)32-16(5)27/h14,18-19,21-24,29H,4,8-13H2,1-3,5-7H3/t18-,19-,21+,22-,23-,24-,25-,26-/m1/s1. The summed E-state index contributed by atoms with van der Waals surface area (Å²) >= 11 is 0. The molecule has 1 N–H and O–H groups in total. The van der Waals surface area contributed by atoms with Gasteiger partial charge in [0.15, 0.2) is 5.78 Å². The van der Waals surface area contributed by atoms with Crippen LogP contribution in [0.25, 0.3) is 0 Å². The second-order valence-corrected chi connectivity index (χ2v) is 11.0. The molecule has 7 heteroatoms. The van der Waals surface area contributed by atoms with E-state index in [9.17, 15) is 19.5 Å². The summed E-state index contributed by atoms with van der Waals surface area (Å²) in [6, 6.07) is 0. The molecule has 0 aromatic carbocycles. The van der Waals surface area contributed by atoms with Gasteiger partial charge in [0.25, 0.3) is 0 Å². The first-order valence-corrected chi connectivity index (χ1v) is 12.3. The Balaban J connectivity index is 2.15. The number of carbonyl (C=O) groups excluding carboxylic acids is 3. The molecule has 2 saturated heterocycles. The fourth-order valence-electron chi connectivity index (χ4n) is 6.70. The Hall–Kier alpha value is -1.73. The van der Waals surface area contributed by atoms with Gasteiger partial charge in [0, 0.05) is 44.4 Å². The van der Waals surface area contributed by atoms with E-state index in [-0.39, 0.29) is 54.7 Å². The lowest BCUT2D eigenvalue weighted by Gasteiger charge is -2.52. The van der Waals surface area contributed by atoms with Crippen LogP contribution in [0.15, 0.2) is 12.2 Å². The van der Waals surface area contributed by atoms with Gasteiger partial charge >= 0.3 is 11.9 Å². The molecular weight excluding hydrogens is 424 g/mol. The molecule has 3 rings (SSSR count). The summed E-state index contributed by atoms with van der Waals surface area (Å²) < 4.78 is 18.6. The SMILES string of the molecule is C=C1C[C@H]2O[C@H]([C@@H]3[C@@H](C(C)C)[C@H](O)C[C@@](C)(OC(C)=O)[C@@H]32)[C@](C)(OC(=O)CCC)CCC1=O. The van der Waals surface area contributed by atoms with Crippen molar-refractivity contribution >= 4 is 17.7 Å². The molecule has 0 aromatic heterocycles. The molecule has 2 heterocycles. The number of aliphatic hydroxyl groups excluding tert-OH is 1. The van der Waals surface area contributed by atoms with Gasteiger partial charge in [-0.15, -0.1) is 0 Å². The third-order valence-electron chi connectivity index (χ3n) is 7.93. The Bertz CT molecular complexity index is 804. The Morgan fingerprint density at radius 3 is 2.48 bits per heavy atom. The van der Waals surface area contributed by atoms with Gasteiger partial charge in [0.2, 0.25) is 0 Å². The van der Waals surface area contributed by atoms with E-state index in [4.69, 9.17) is 14.2 Å². The quantitative estimate of drug-likeness (QED) is 0.488. The predicted molar refractivity (Wildman–Crippen MR) is 122 cm³/mol. The van der Waals surface area contributed by atoms with Crippen molar-refractivity contribution < 1.29 is 33.7 Å². The summed E-state index contributed by atoms with van der Waals surface area (Å²) in [6.07, 6.45) is 0.402. The molecule has 3 fully saturated rings. The lowest BCUT2D eigenvalue weighted by molar-refractivity contribution is -0.193. The van der Waals surface area contributed by atoms with Gasteiger partial charge in [-0.2, -0.15) is 0 Å².